The second-order valence-electron chi connectivity index (χ2n) is 7.72. The average Bonchev–Trinajstić information content (AvgIpc) is 2.78. The van der Waals surface area contributed by atoms with Crippen molar-refractivity contribution in [2.45, 2.75) is 80.8 Å². The summed E-state index contributed by atoms with van der Waals surface area (Å²) >= 11 is 5.39. The second kappa shape index (κ2) is 18.2. The number of benzene rings is 1. The Labute approximate surface area is 207 Å². The van der Waals surface area contributed by atoms with Crippen LogP contribution in [0.5, 0.6) is 11.5 Å². The summed E-state index contributed by atoms with van der Waals surface area (Å²) in [6, 6.07) is 3.75. The molecule has 0 saturated carbocycles. The molecule has 0 aliphatic carbocycles. The van der Waals surface area contributed by atoms with E-state index >= 15 is 0 Å². The number of nitrogens with one attached hydrogen (secondary N) is 2. The fourth-order valence-corrected chi connectivity index (χ4v) is 2.89. The lowest BCUT2D eigenvalue weighted by Crippen LogP contribution is -2.39. The number of hydrogen-bond donors (Lipinski definition) is 2. The number of ether oxygens (including phenoxy) is 3. The van der Waals surface area contributed by atoms with Crippen LogP contribution in [0.1, 0.15) is 73.8 Å². The van der Waals surface area contributed by atoms with Gasteiger partial charge >= 0.3 is 6.09 Å². The maximum atomic E-state index is 12.3. The lowest BCUT2D eigenvalue weighted by atomic mass is 10.2. The third kappa shape index (κ3) is 13.8. The molecule has 0 aliphatic heterocycles. The van der Waals surface area contributed by atoms with Gasteiger partial charge in [-0.2, -0.15) is 0 Å². The number of rotatable bonds is 9. The van der Waals surface area contributed by atoms with Crippen molar-refractivity contribution in [1.29, 1.82) is 0 Å². The molecule has 7 nitrogen and oxygen atoms in total. The lowest BCUT2D eigenvalue weighted by molar-refractivity contribution is 0.0248. The first-order valence-electron chi connectivity index (χ1n) is 11.9. The van der Waals surface area contributed by atoms with Gasteiger partial charge in [-0.3, -0.25) is 0 Å². The number of aryl methyl sites for hydroxylation is 1. The SMILES string of the molecule is CC.CC.CCCN(CCCNC(=S)Nc1cc(OC)c(C)cc1OC)C(=O)OC(C)(C)C. The zero-order valence-corrected chi connectivity index (χ0v) is 23.5. The predicted octanol–water partition coefficient (Wildman–Crippen LogP) is 6.39. The Hall–Kier alpha value is -2.22. The van der Waals surface area contributed by atoms with Gasteiger partial charge in [-0.25, -0.2) is 4.79 Å². The number of hydrogen-bond acceptors (Lipinski definition) is 5. The lowest BCUT2D eigenvalue weighted by Gasteiger charge is -2.27. The van der Waals surface area contributed by atoms with Crippen molar-refractivity contribution in [2.75, 3.05) is 39.2 Å². The molecule has 2 N–H and O–H groups in total. The van der Waals surface area contributed by atoms with Gasteiger partial charge in [0.05, 0.1) is 19.9 Å². The van der Waals surface area contributed by atoms with Crippen LogP contribution in [0.4, 0.5) is 10.5 Å². The molecule has 0 aliphatic rings. The van der Waals surface area contributed by atoms with Crippen LogP contribution >= 0.6 is 12.2 Å². The summed E-state index contributed by atoms with van der Waals surface area (Å²) < 4.78 is 16.2. The number of methoxy groups -OCH3 is 2. The van der Waals surface area contributed by atoms with E-state index in [0.29, 0.717) is 30.5 Å². The normalized spacial score (nSPS) is 9.91. The van der Waals surface area contributed by atoms with Gasteiger partial charge in [-0.15, -0.1) is 0 Å². The van der Waals surface area contributed by atoms with E-state index < -0.39 is 5.60 Å². The molecular weight excluding hydrogens is 438 g/mol. The van der Waals surface area contributed by atoms with Crippen LogP contribution in [-0.2, 0) is 4.74 Å². The fraction of sp³-hybridized carbons (Fsp3) is 0.680. The Kier molecular flexibility index (Phi) is 18.2. The Balaban J connectivity index is 0. The van der Waals surface area contributed by atoms with E-state index in [9.17, 15) is 4.79 Å². The molecule has 0 bridgehead atoms. The average molecular weight is 486 g/mol. The van der Waals surface area contributed by atoms with Gasteiger partial charge in [-0.05, 0) is 64.4 Å². The molecule has 1 aromatic carbocycles. The summed E-state index contributed by atoms with van der Waals surface area (Å²) in [5, 5.41) is 6.79. The molecule has 0 saturated heterocycles. The molecule has 1 rings (SSSR count). The molecule has 192 valence electrons. The van der Waals surface area contributed by atoms with Crippen LogP contribution in [0.15, 0.2) is 12.1 Å². The van der Waals surface area contributed by atoms with E-state index in [0.717, 1.165) is 29.8 Å². The Bertz CT molecular complexity index is 691. The Morgan fingerprint density at radius 1 is 1.03 bits per heavy atom. The van der Waals surface area contributed by atoms with E-state index in [1.54, 1.807) is 19.1 Å². The minimum atomic E-state index is -0.499. The predicted molar refractivity (Wildman–Crippen MR) is 144 cm³/mol. The van der Waals surface area contributed by atoms with Crippen LogP contribution in [0, 0.1) is 6.92 Å². The van der Waals surface area contributed by atoms with E-state index in [1.165, 1.54) is 0 Å². The van der Waals surface area contributed by atoms with E-state index in [2.05, 4.69) is 10.6 Å². The Morgan fingerprint density at radius 3 is 2.09 bits per heavy atom. The van der Waals surface area contributed by atoms with E-state index in [4.69, 9.17) is 26.4 Å². The number of amides is 1. The molecule has 1 amide bonds. The van der Waals surface area contributed by atoms with Crippen LogP contribution in [-0.4, -0.2) is 55.6 Å². The standard InChI is InChI=1S/C21H35N3O4S.2C2H6/c1-8-11-24(20(25)28-21(3,4)5)12-9-10-22-19(29)23-16-14-17(26-6)15(2)13-18(16)27-7;2*1-2/h13-14H,8-12H2,1-7H3,(H2,22,23,29);2*1-2H3. The third-order valence-corrected chi connectivity index (χ3v) is 4.25. The summed E-state index contributed by atoms with van der Waals surface area (Å²) in [5.41, 5.74) is 1.21. The topological polar surface area (TPSA) is 72.1 Å². The number of carbonyl (C=O) groups excluding carboxylic acids is 1. The monoisotopic (exact) mass is 485 g/mol. The zero-order valence-electron chi connectivity index (χ0n) is 22.7. The number of thiocarbonyl (C=S) groups is 1. The number of carbonyl (C=O) groups is 1. The Morgan fingerprint density at radius 2 is 1.61 bits per heavy atom. The largest absolute Gasteiger partial charge is 0.496 e. The van der Waals surface area contributed by atoms with Gasteiger partial charge in [0, 0.05) is 25.7 Å². The highest BCUT2D eigenvalue weighted by atomic mass is 32.1. The van der Waals surface area contributed by atoms with Crippen molar-refractivity contribution in [3.05, 3.63) is 17.7 Å². The molecule has 1 aromatic rings. The highest BCUT2D eigenvalue weighted by molar-refractivity contribution is 7.80. The number of anilines is 1. The summed E-state index contributed by atoms with van der Waals surface area (Å²) in [7, 11) is 3.24. The highest BCUT2D eigenvalue weighted by Gasteiger charge is 2.21. The smallest absolute Gasteiger partial charge is 0.410 e. The van der Waals surface area contributed by atoms with Gasteiger partial charge in [-0.1, -0.05) is 34.6 Å². The quantitative estimate of drug-likeness (QED) is 0.310. The summed E-state index contributed by atoms with van der Waals surface area (Å²) in [4.78, 5) is 14.0. The second-order valence-corrected chi connectivity index (χ2v) is 8.13. The maximum absolute atomic E-state index is 12.3. The summed E-state index contributed by atoms with van der Waals surface area (Å²) in [6.45, 7) is 19.5. The van der Waals surface area contributed by atoms with Crippen LogP contribution in [0.2, 0.25) is 0 Å². The van der Waals surface area contributed by atoms with Crippen molar-refractivity contribution < 1.29 is 19.0 Å². The zero-order chi connectivity index (χ0) is 26.0. The van der Waals surface area contributed by atoms with Crippen molar-refractivity contribution in [1.82, 2.24) is 10.2 Å². The molecule has 0 atom stereocenters. The third-order valence-electron chi connectivity index (χ3n) is 4.00. The molecule has 33 heavy (non-hydrogen) atoms. The molecule has 0 aromatic heterocycles. The van der Waals surface area contributed by atoms with E-state index in [-0.39, 0.29) is 6.09 Å². The highest BCUT2D eigenvalue weighted by Crippen LogP contribution is 2.32. The van der Waals surface area contributed by atoms with Crippen molar-refractivity contribution in [3.8, 4) is 11.5 Å². The first-order valence-corrected chi connectivity index (χ1v) is 12.3. The molecule has 0 fully saturated rings. The minimum absolute atomic E-state index is 0.281. The van der Waals surface area contributed by atoms with Gasteiger partial charge in [0.25, 0.3) is 0 Å². The van der Waals surface area contributed by atoms with Gasteiger partial charge < -0.3 is 29.7 Å². The van der Waals surface area contributed by atoms with Crippen LogP contribution < -0.4 is 20.1 Å². The maximum Gasteiger partial charge on any atom is 0.410 e. The van der Waals surface area contributed by atoms with Crippen molar-refractivity contribution in [2.24, 2.45) is 0 Å². The first kappa shape index (κ1) is 33.0. The molecule has 0 unspecified atom stereocenters. The molecular formula is C25H47N3O4S. The van der Waals surface area contributed by atoms with Gasteiger partial charge in [0.2, 0.25) is 0 Å². The van der Waals surface area contributed by atoms with Crippen molar-refractivity contribution >= 4 is 29.1 Å². The van der Waals surface area contributed by atoms with Crippen molar-refractivity contribution in [3.63, 3.8) is 0 Å². The van der Waals surface area contributed by atoms with E-state index in [1.807, 2.05) is 74.4 Å². The molecule has 0 heterocycles. The van der Waals surface area contributed by atoms with Crippen LogP contribution in [0.25, 0.3) is 0 Å². The first-order chi connectivity index (χ1) is 15.6. The summed E-state index contributed by atoms with van der Waals surface area (Å²) in [6.07, 6.45) is 1.34. The fourth-order valence-electron chi connectivity index (χ4n) is 2.68. The molecule has 0 radical (unpaired) electrons. The molecule has 0 spiro atoms. The number of nitrogens with zero attached hydrogens (tertiary/aromatic N) is 1. The van der Waals surface area contributed by atoms with Gasteiger partial charge in [0.15, 0.2) is 5.11 Å². The van der Waals surface area contributed by atoms with Crippen LogP contribution in [0.3, 0.4) is 0 Å². The molecule has 8 heteroatoms. The van der Waals surface area contributed by atoms with Gasteiger partial charge in [0.1, 0.15) is 17.1 Å². The minimum Gasteiger partial charge on any atom is -0.496 e. The summed E-state index contributed by atoms with van der Waals surface area (Å²) in [5.74, 6) is 1.44.